The van der Waals surface area contributed by atoms with E-state index in [1.165, 1.54) is 5.57 Å². The SMILES string of the molecule is C1=CCC=C(CNCN2CCNCC2)C=C1. The van der Waals surface area contributed by atoms with Crippen LogP contribution in [0.15, 0.2) is 36.0 Å². The van der Waals surface area contributed by atoms with E-state index in [1.807, 2.05) is 0 Å². The van der Waals surface area contributed by atoms with Crippen LogP contribution in [0.25, 0.3) is 0 Å². The van der Waals surface area contributed by atoms with Crippen LogP contribution in [0, 0.1) is 0 Å². The van der Waals surface area contributed by atoms with Crippen LogP contribution < -0.4 is 10.6 Å². The van der Waals surface area contributed by atoms with E-state index in [9.17, 15) is 0 Å². The molecule has 2 aliphatic rings. The third kappa shape index (κ3) is 3.93. The highest BCUT2D eigenvalue weighted by Crippen LogP contribution is 2.03. The fourth-order valence-corrected chi connectivity index (χ4v) is 1.98. The van der Waals surface area contributed by atoms with Gasteiger partial charge in [0, 0.05) is 39.4 Å². The summed E-state index contributed by atoms with van der Waals surface area (Å²) in [6, 6.07) is 0. The average Bonchev–Trinajstić information content (AvgIpc) is 2.59. The van der Waals surface area contributed by atoms with Gasteiger partial charge in [-0.15, -0.1) is 0 Å². The Morgan fingerprint density at radius 3 is 3.00 bits per heavy atom. The molecule has 1 fully saturated rings. The molecule has 88 valence electrons. The first-order valence-electron chi connectivity index (χ1n) is 6.11. The van der Waals surface area contributed by atoms with Crippen molar-refractivity contribution in [1.82, 2.24) is 15.5 Å². The molecular weight excluding hydrogens is 198 g/mol. The van der Waals surface area contributed by atoms with Crippen molar-refractivity contribution in [3.05, 3.63) is 36.0 Å². The van der Waals surface area contributed by atoms with Crippen LogP contribution in [-0.2, 0) is 0 Å². The van der Waals surface area contributed by atoms with Gasteiger partial charge in [-0.3, -0.25) is 4.90 Å². The van der Waals surface area contributed by atoms with Gasteiger partial charge in [0.25, 0.3) is 0 Å². The van der Waals surface area contributed by atoms with Crippen molar-refractivity contribution in [1.29, 1.82) is 0 Å². The molecule has 2 rings (SSSR count). The molecule has 1 heterocycles. The molecule has 0 aromatic carbocycles. The van der Waals surface area contributed by atoms with Gasteiger partial charge in [0.1, 0.15) is 0 Å². The third-order valence-corrected chi connectivity index (χ3v) is 2.95. The zero-order chi connectivity index (χ0) is 11.1. The van der Waals surface area contributed by atoms with Crippen molar-refractivity contribution in [2.75, 3.05) is 39.4 Å². The number of nitrogens with one attached hydrogen (secondary N) is 2. The second-order valence-corrected chi connectivity index (χ2v) is 4.25. The van der Waals surface area contributed by atoms with Gasteiger partial charge in [0.15, 0.2) is 0 Å². The van der Waals surface area contributed by atoms with E-state index < -0.39 is 0 Å². The lowest BCUT2D eigenvalue weighted by molar-refractivity contribution is 0.226. The van der Waals surface area contributed by atoms with Gasteiger partial charge < -0.3 is 10.6 Å². The Morgan fingerprint density at radius 2 is 2.12 bits per heavy atom. The first-order valence-corrected chi connectivity index (χ1v) is 6.11. The summed E-state index contributed by atoms with van der Waals surface area (Å²) in [5, 5.41) is 6.87. The monoisotopic (exact) mass is 219 g/mol. The first kappa shape index (κ1) is 11.6. The van der Waals surface area contributed by atoms with E-state index in [2.05, 4.69) is 45.9 Å². The van der Waals surface area contributed by atoms with Crippen molar-refractivity contribution in [2.24, 2.45) is 0 Å². The number of nitrogens with zero attached hydrogens (tertiary/aromatic N) is 1. The van der Waals surface area contributed by atoms with E-state index in [-0.39, 0.29) is 0 Å². The fraction of sp³-hybridized carbons (Fsp3) is 0.538. The second-order valence-electron chi connectivity index (χ2n) is 4.25. The maximum Gasteiger partial charge on any atom is 0.0484 e. The minimum atomic E-state index is 0.974. The smallest absolute Gasteiger partial charge is 0.0484 e. The molecule has 2 N–H and O–H groups in total. The molecule has 0 aromatic heterocycles. The maximum atomic E-state index is 3.50. The van der Waals surface area contributed by atoms with Crippen LogP contribution in [0.5, 0.6) is 0 Å². The predicted molar refractivity (Wildman–Crippen MR) is 68.3 cm³/mol. The standard InChI is InChI=1S/C13H21N3/c1-2-4-6-13(5-3-1)11-15-12-16-9-7-14-8-10-16/h1-3,5-6,14-15H,4,7-12H2. The molecule has 0 amide bonds. The largest absolute Gasteiger partial charge is 0.314 e. The molecule has 0 unspecified atom stereocenters. The molecule has 3 heteroatoms. The van der Waals surface area contributed by atoms with Crippen LogP contribution in [0.2, 0.25) is 0 Å². The van der Waals surface area contributed by atoms with Crippen LogP contribution in [0.4, 0.5) is 0 Å². The van der Waals surface area contributed by atoms with Crippen molar-refractivity contribution in [3.8, 4) is 0 Å². The molecule has 0 aromatic rings. The summed E-state index contributed by atoms with van der Waals surface area (Å²) in [7, 11) is 0. The molecular formula is C13H21N3. The van der Waals surface area contributed by atoms with Gasteiger partial charge in [0.2, 0.25) is 0 Å². The Balaban J connectivity index is 1.65. The predicted octanol–water partition coefficient (Wildman–Crippen LogP) is 0.881. The van der Waals surface area contributed by atoms with E-state index >= 15 is 0 Å². The Labute approximate surface area is 97.9 Å². The van der Waals surface area contributed by atoms with Gasteiger partial charge in [0.05, 0.1) is 0 Å². The lowest BCUT2D eigenvalue weighted by atomic mass is 10.2. The summed E-state index contributed by atoms with van der Waals surface area (Å²) < 4.78 is 0. The van der Waals surface area contributed by atoms with Crippen molar-refractivity contribution < 1.29 is 0 Å². The molecule has 0 saturated carbocycles. The van der Waals surface area contributed by atoms with Gasteiger partial charge in [-0.2, -0.15) is 0 Å². The molecule has 0 bridgehead atoms. The molecule has 1 saturated heterocycles. The Kier molecular flexibility index (Phi) is 4.80. The number of piperazine rings is 1. The average molecular weight is 219 g/mol. The van der Waals surface area contributed by atoms with Crippen LogP contribution in [0.1, 0.15) is 6.42 Å². The van der Waals surface area contributed by atoms with Crippen molar-refractivity contribution >= 4 is 0 Å². The quantitative estimate of drug-likeness (QED) is 0.735. The molecule has 16 heavy (non-hydrogen) atoms. The number of hydrogen-bond donors (Lipinski definition) is 2. The summed E-state index contributed by atoms with van der Waals surface area (Å²) in [4.78, 5) is 2.45. The van der Waals surface area contributed by atoms with E-state index in [4.69, 9.17) is 0 Å². The van der Waals surface area contributed by atoms with Gasteiger partial charge >= 0.3 is 0 Å². The Bertz CT molecular complexity index is 286. The number of allylic oxidation sites excluding steroid dienone is 4. The summed E-state index contributed by atoms with van der Waals surface area (Å²) in [6.07, 6.45) is 11.9. The highest BCUT2D eigenvalue weighted by Gasteiger charge is 2.07. The molecule has 3 nitrogen and oxygen atoms in total. The minimum absolute atomic E-state index is 0.974. The highest BCUT2D eigenvalue weighted by atomic mass is 15.2. The lowest BCUT2D eigenvalue weighted by Gasteiger charge is -2.27. The number of rotatable bonds is 4. The molecule has 0 atom stereocenters. The minimum Gasteiger partial charge on any atom is -0.314 e. The summed E-state index contributed by atoms with van der Waals surface area (Å²) >= 11 is 0. The topological polar surface area (TPSA) is 27.3 Å². The lowest BCUT2D eigenvalue weighted by Crippen LogP contribution is -2.47. The molecule has 1 aliphatic carbocycles. The van der Waals surface area contributed by atoms with E-state index in [0.717, 1.165) is 45.8 Å². The van der Waals surface area contributed by atoms with E-state index in [0.29, 0.717) is 0 Å². The fourth-order valence-electron chi connectivity index (χ4n) is 1.98. The zero-order valence-electron chi connectivity index (χ0n) is 9.78. The summed E-state index contributed by atoms with van der Waals surface area (Å²) in [6.45, 7) is 6.53. The zero-order valence-corrected chi connectivity index (χ0v) is 9.78. The second kappa shape index (κ2) is 6.63. The normalized spacial score (nSPS) is 21.9. The maximum absolute atomic E-state index is 3.50. The van der Waals surface area contributed by atoms with Crippen molar-refractivity contribution in [2.45, 2.75) is 6.42 Å². The van der Waals surface area contributed by atoms with E-state index in [1.54, 1.807) is 0 Å². The highest BCUT2D eigenvalue weighted by molar-refractivity contribution is 5.27. The Hall–Kier alpha value is -0.900. The third-order valence-electron chi connectivity index (χ3n) is 2.95. The summed E-state index contributed by atoms with van der Waals surface area (Å²) in [5.74, 6) is 0. The van der Waals surface area contributed by atoms with Crippen LogP contribution in [0.3, 0.4) is 0 Å². The Morgan fingerprint density at radius 1 is 1.25 bits per heavy atom. The molecule has 1 aliphatic heterocycles. The van der Waals surface area contributed by atoms with Gasteiger partial charge in [-0.05, 0) is 12.0 Å². The first-order chi connectivity index (χ1) is 7.95. The molecule has 0 radical (unpaired) electrons. The number of hydrogen-bond acceptors (Lipinski definition) is 3. The van der Waals surface area contributed by atoms with Crippen molar-refractivity contribution in [3.63, 3.8) is 0 Å². The van der Waals surface area contributed by atoms with Crippen LogP contribution >= 0.6 is 0 Å². The van der Waals surface area contributed by atoms with Gasteiger partial charge in [-0.25, -0.2) is 0 Å². The summed E-state index contributed by atoms with van der Waals surface area (Å²) in [5.41, 5.74) is 1.39. The van der Waals surface area contributed by atoms with Gasteiger partial charge in [-0.1, -0.05) is 30.4 Å². The molecule has 0 spiro atoms. The van der Waals surface area contributed by atoms with Crippen LogP contribution in [-0.4, -0.2) is 44.3 Å².